The van der Waals surface area contributed by atoms with Gasteiger partial charge in [-0.1, -0.05) is 0 Å². The van der Waals surface area contributed by atoms with Crippen molar-refractivity contribution in [2.75, 3.05) is 33.1 Å². The van der Waals surface area contributed by atoms with E-state index in [4.69, 9.17) is 5.73 Å². The van der Waals surface area contributed by atoms with E-state index in [1.54, 1.807) is 25.1 Å². The van der Waals surface area contributed by atoms with Gasteiger partial charge in [0.1, 0.15) is 17.1 Å². The highest BCUT2D eigenvalue weighted by atomic mass is 16.3. The van der Waals surface area contributed by atoms with E-state index in [0.717, 1.165) is 11.3 Å². The second-order valence-corrected chi connectivity index (χ2v) is 9.58. The summed E-state index contributed by atoms with van der Waals surface area (Å²) < 4.78 is 0. The Balaban J connectivity index is 1.81. The first-order chi connectivity index (χ1) is 15.5. The molecule has 0 bridgehead atoms. The summed E-state index contributed by atoms with van der Waals surface area (Å²) in [5, 5.41) is 41.0. The number of carbonyl (C=O) groups excluding carboxylic acids is 2. The highest BCUT2D eigenvalue weighted by Gasteiger charge is 2.61. The number of phenolic OH excluding ortho intramolecular Hbond substituents is 1. The second-order valence-electron chi connectivity index (χ2n) is 9.58. The number of phenols is 1. The summed E-state index contributed by atoms with van der Waals surface area (Å²) in [6.07, 6.45) is 0.924. The van der Waals surface area contributed by atoms with Gasteiger partial charge in [0, 0.05) is 36.8 Å². The van der Waals surface area contributed by atoms with E-state index in [1.807, 2.05) is 25.1 Å². The molecule has 1 heterocycles. The minimum atomic E-state index is -2.05. The Kier molecular flexibility index (Phi) is 4.44. The zero-order chi connectivity index (χ0) is 24.0. The van der Waals surface area contributed by atoms with Gasteiger partial charge in [-0.3, -0.25) is 19.6 Å². The summed E-state index contributed by atoms with van der Waals surface area (Å²) in [4.78, 5) is 28.9. The van der Waals surface area contributed by atoms with Crippen LogP contribution in [0.4, 0.5) is 5.69 Å². The zero-order valence-corrected chi connectivity index (χ0v) is 18.9. The number of carbonyl (C=O) groups is 2. The van der Waals surface area contributed by atoms with Gasteiger partial charge < -0.3 is 26.0 Å². The van der Waals surface area contributed by atoms with Gasteiger partial charge >= 0.3 is 0 Å². The Morgan fingerprint density at radius 3 is 2.55 bits per heavy atom. The molecule has 2 aromatic rings. The standard InChI is InChI=1S/C23H27N5O5/c1-27(2)12-5-6-13(29)15-10(12)7-9-8-11-18(28(3)4)19(30)16(22(24)32)21(31)23(11,33)20-14(9)17(15)25-26-20/h5-6,9,11,18,29,31,33H,7-8H2,1-4H3,(H2,24,32)(H,25,26)/t9?,11?,18-,23-/m0/s1. The summed E-state index contributed by atoms with van der Waals surface area (Å²) in [5.41, 5.74) is 6.66. The molecular formula is C23H27N5O5. The molecule has 1 amide bonds. The number of H-pyrrole nitrogens is 1. The van der Waals surface area contributed by atoms with E-state index in [9.17, 15) is 24.9 Å². The summed E-state index contributed by atoms with van der Waals surface area (Å²) >= 11 is 0. The molecule has 0 aliphatic heterocycles. The summed E-state index contributed by atoms with van der Waals surface area (Å²) in [6, 6.07) is 2.60. The van der Waals surface area contributed by atoms with E-state index < -0.39 is 40.6 Å². The van der Waals surface area contributed by atoms with Crippen molar-refractivity contribution in [3.05, 3.63) is 40.3 Å². The fraction of sp³-hybridized carbons (Fsp3) is 0.435. The second kappa shape index (κ2) is 6.82. The molecule has 1 aromatic carbocycles. The summed E-state index contributed by atoms with van der Waals surface area (Å²) in [6.45, 7) is 0. The third-order valence-electron chi connectivity index (χ3n) is 7.40. The number of Topliss-reactive ketones (excluding diaryl/α,β-unsaturated/α-hetero) is 1. The number of anilines is 1. The third kappa shape index (κ3) is 2.58. The van der Waals surface area contributed by atoms with Crippen LogP contribution in [0.3, 0.4) is 0 Å². The van der Waals surface area contributed by atoms with Crippen LogP contribution in [-0.4, -0.2) is 76.3 Å². The van der Waals surface area contributed by atoms with Gasteiger partial charge in [-0.25, -0.2) is 0 Å². The minimum absolute atomic E-state index is 0.0695. The fourth-order valence-electron chi connectivity index (χ4n) is 6.08. The van der Waals surface area contributed by atoms with Gasteiger partial charge in [0.05, 0.1) is 17.4 Å². The number of amides is 1. The lowest BCUT2D eigenvalue weighted by atomic mass is 9.59. The molecule has 3 aliphatic rings. The zero-order valence-electron chi connectivity index (χ0n) is 18.9. The molecule has 1 aromatic heterocycles. The van der Waals surface area contributed by atoms with Crippen LogP contribution < -0.4 is 10.6 Å². The maximum Gasteiger partial charge on any atom is 0.255 e. The van der Waals surface area contributed by atoms with Gasteiger partial charge in [0.15, 0.2) is 11.4 Å². The van der Waals surface area contributed by atoms with Crippen LogP contribution in [0.1, 0.15) is 29.2 Å². The van der Waals surface area contributed by atoms with Crippen molar-refractivity contribution in [2.24, 2.45) is 11.7 Å². The van der Waals surface area contributed by atoms with Crippen LogP contribution in [0.25, 0.3) is 11.3 Å². The van der Waals surface area contributed by atoms with Crippen LogP contribution >= 0.6 is 0 Å². The average molecular weight is 453 g/mol. The number of hydrogen-bond donors (Lipinski definition) is 5. The molecule has 174 valence electrons. The first kappa shape index (κ1) is 21.5. The first-order valence-corrected chi connectivity index (χ1v) is 10.8. The number of aliphatic hydroxyl groups excluding tert-OH is 1. The fourth-order valence-corrected chi connectivity index (χ4v) is 6.08. The highest BCUT2D eigenvalue weighted by molar-refractivity contribution is 6.22. The Labute approximate surface area is 190 Å². The Morgan fingerprint density at radius 2 is 1.94 bits per heavy atom. The third-order valence-corrected chi connectivity index (χ3v) is 7.40. The monoisotopic (exact) mass is 453 g/mol. The van der Waals surface area contributed by atoms with Gasteiger partial charge in [0.25, 0.3) is 5.91 Å². The van der Waals surface area contributed by atoms with Crippen molar-refractivity contribution in [2.45, 2.75) is 30.4 Å². The van der Waals surface area contributed by atoms with Crippen LogP contribution in [-0.2, 0) is 21.6 Å². The van der Waals surface area contributed by atoms with Crippen molar-refractivity contribution in [3.8, 4) is 17.0 Å². The number of aliphatic hydroxyl groups is 2. The highest BCUT2D eigenvalue weighted by Crippen LogP contribution is 2.58. The molecule has 5 rings (SSSR count). The number of benzene rings is 1. The predicted molar refractivity (Wildman–Crippen MR) is 120 cm³/mol. The van der Waals surface area contributed by atoms with Crippen molar-refractivity contribution in [3.63, 3.8) is 0 Å². The quantitative estimate of drug-likeness (QED) is 0.421. The number of ketones is 1. The van der Waals surface area contributed by atoms with E-state index in [2.05, 4.69) is 10.2 Å². The lowest BCUT2D eigenvalue weighted by Crippen LogP contribution is -2.60. The summed E-state index contributed by atoms with van der Waals surface area (Å²) in [7, 11) is 7.23. The number of rotatable bonds is 3. The number of nitrogens with two attached hydrogens (primary N) is 1. The molecule has 3 aliphatic carbocycles. The number of aromatic amines is 1. The molecule has 0 saturated heterocycles. The van der Waals surface area contributed by atoms with E-state index in [1.165, 1.54) is 0 Å². The van der Waals surface area contributed by atoms with Crippen LogP contribution in [0.2, 0.25) is 0 Å². The molecule has 4 atom stereocenters. The predicted octanol–water partition coefficient (Wildman–Crippen LogP) is 0.506. The van der Waals surface area contributed by atoms with E-state index in [-0.39, 0.29) is 17.4 Å². The molecule has 6 N–H and O–H groups in total. The lowest BCUT2D eigenvalue weighted by molar-refractivity contribution is -0.138. The number of fused-ring (bicyclic) bond motifs is 4. The molecule has 0 fully saturated rings. The molecular weight excluding hydrogens is 426 g/mol. The number of nitrogens with one attached hydrogen (secondary N) is 1. The molecule has 10 nitrogen and oxygen atoms in total. The van der Waals surface area contributed by atoms with Gasteiger partial charge in [0.2, 0.25) is 0 Å². The van der Waals surface area contributed by atoms with Crippen LogP contribution in [0.5, 0.6) is 5.75 Å². The SMILES string of the molecule is CN(C)c1ccc(O)c2c1CC1CC3[C@H](N(C)C)C(=O)C(C(N)=O)=C(O)[C@@]3(O)c3[nH]nc-2c31. The number of aromatic nitrogens is 2. The molecule has 10 heteroatoms. The van der Waals surface area contributed by atoms with Crippen molar-refractivity contribution < 1.29 is 24.9 Å². The summed E-state index contributed by atoms with van der Waals surface area (Å²) in [5.74, 6) is -3.23. The molecule has 0 radical (unpaired) electrons. The normalized spacial score (nSPS) is 27.8. The Hall–Kier alpha value is -3.37. The lowest BCUT2D eigenvalue weighted by Gasteiger charge is -2.50. The minimum Gasteiger partial charge on any atom is -0.508 e. The Bertz CT molecular complexity index is 1250. The number of hydrogen-bond acceptors (Lipinski definition) is 8. The number of nitrogens with zero attached hydrogens (tertiary/aromatic N) is 3. The van der Waals surface area contributed by atoms with Crippen molar-refractivity contribution in [1.29, 1.82) is 0 Å². The smallest absolute Gasteiger partial charge is 0.255 e. The maximum absolute atomic E-state index is 13.2. The molecule has 0 spiro atoms. The van der Waals surface area contributed by atoms with E-state index in [0.29, 0.717) is 29.7 Å². The van der Waals surface area contributed by atoms with Gasteiger partial charge in [-0.05, 0) is 50.6 Å². The topological polar surface area (TPSA) is 156 Å². The van der Waals surface area contributed by atoms with Crippen LogP contribution in [0.15, 0.2) is 23.5 Å². The van der Waals surface area contributed by atoms with Gasteiger partial charge in [-0.15, -0.1) is 0 Å². The number of likely N-dealkylation sites (N-methyl/N-ethyl adjacent to an activating group) is 1. The molecule has 2 unspecified atom stereocenters. The average Bonchev–Trinajstić information content (AvgIpc) is 3.17. The largest absolute Gasteiger partial charge is 0.508 e. The Morgan fingerprint density at radius 1 is 1.24 bits per heavy atom. The molecule has 0 saturated carbocycles. The van der Waals surface area contributed by atoms with Gasteiger partial charge in [-0.2, -0.15) is 5.10 Å². The molecule has 33 heavy (non-hydrogen) atoms. The number of primary amides is 1. The first-order valence-electron chi connectivity index (χ1n) is 10.8. The van der Waals surface area contributed by atoms with E-state index >= 15 is 0 Å². The maximum atomic E-state index is 13.2. The number of aromatic hydroxyl groups is 1. The van der Waals surface area contributed by atoms with Crippen molar-refractivity contribution >= 4 is 17.4 Å². The van der Waals surface area contributed by atoms with Crippen molar-refractivity contribution in [1.82, 2.24) is 15.1 Å². The van der Waals surface area contributed by atoms with Crippen LogP contribution in [0, 0.1) is 5.92 Å².